The summed E-state index contributed by atoms with van der Waals surface area (Å²) in [6.45, 7) is 20.7. The molecule has 7 heteroatoms. The first-order chi connectivity index (χ1) is 15.4. The standard InChI is InChI=1S/C10H6F2N2O3.C6H14.C3H8.3C2H6/c11-4-1-5-7(14-3-15)9(10(13)16)17-8(5)6(12)2-4;1-3-5-6-4-2;1-3-2;3*1-2/h1-3H,(H2,13,16)(H,14,15);3-6H2,1-2H3;3H2,1-2H3;3*1-2H3. The summed E-state index contributed by atoms with van der Waals surface area (Å²) in [5.41, 5.74) is 4.50. The molecule has 2 rings (SSSR count). The summed E-state index contributed by atoms with van der Waals surface area (Å²) >= 11 is 0. The van der Waals surface area contributed by atoms with Crippen LogP contribution in [0.25, 0.3) is 11.0 Å². The molecule has 0 saturated heterocycles. The Kier molecular flexibility index (Phi) is 30.7. The Morgan fingerprint density at radius 1 is 0.969 bits per heavy atom. The Labute approximate surface area is 194 Å². The number of hydrogen-bond donors (Lipinski definition) is 2. The molecule has 0 bridgehead atoms. The molecule has 0 atom stereocenters. The normalized spacial score (nSPS) is 8.38. The van der Waals surface area contributed by atoms with Crippen LogP contribution in [0.3, 0.4) is 0 Å². The van der Waals surface area contributed by atoms with Gasteiger partial charge < -0.3 is 15.5 Å². The number of benzene rings is 1. The zero-order valence-electron chi connectivity index (χ0n) is 21.8. The van der Waals surface area contributed by atoms with Crippen molar-refractivity contribution >= 4 is 29.0 Å². The predicted octanol–water partition coefficient (Wildman–Crippen LogP) is 8.46. The number of primary amides is 1. The number of rotatable bonds is 6. The van der Waals surface area contributed by atoms with E-state index in [2.05, 4.69) is 33.0 Å². The van der Waals surface area contributed by atoms with Crippen molar-refractivity contribution in [2.75, 3.05) is 5.32 Å². The fourth-order valence-corrected chi connectivity index (χ4v) is 2.00. The molecule has 0 spiro atoms. The highest BCUT2D eigenvalue weighted by molar-refractivity contribution is 6.08. The maximum atomic E-state index is 13.3. The molecule has 2 aromatic rings. The third-order valence-corrected chi connectivity index (χ3v) is 3.09. The summed E-state index contributed by atoms with van der Waals surface area (Å²) in [6.07, 6.45) is 7.04. The minimum absolute atomic E-state index is 0.0663. The third-order valence-electron chi connectivity index (χ3n) is 3.09. The molecular formula is C25H46F2N2O3. The van der Waals surface area contributed by atoms with Crippen molar-refractivity contribution in [1.29, 1.82) is 0 Å². The van der Waals surface area contributed by atoms with Crippen molar-refractivity contribution in [3.8, 4) is 0 Å². The number of carbonyl (C=O) groups excluding carboxylic acids is 2. The summed E-state index contributed by atoms with van der Waals surface area (Å²) in [5, 5.41) is 2.06. The molecule has 5 nitrogen and oxygen atoms in total. The quantitative estimate of drug-likeness (QED) is 0.335. The number of furan rings is 1. The molecule has 1 aromatic heterocycles. The lowest BCUT2D eigenvalue weighted by molar-refractivity contribution is -0.105. The molecule has 0 aliphatic carbocycles. The maximum Gasteiger partial charge on any atom is 0.286 e. The number of anilines is 1. The molecule has 2 amide bonds. The first-order valence-corrected chi connectivity index (χ1v) is 11.8. The first-order valence-electron chi connectivity index (χ1n) is 11.8. The number of fused-ring (bicyclic) bond motifs is 1. The van der Waals surface area contributed by atoms with E-state index in [4.69, 9.17) is 10.2 Å². The Morgan fingerprint density at radius 2 is 1.41 bits per heavy atom. The second-order valence-corrected chi connectivity index (χ2v) is 5.61. The van der Waals surface area contributed by atoms with Crippen molar-refractivity contribution in [2.24, 2.45) is 5.73 Å². The van der Waals surface area contributed by atoms with E-state index in [9.17, 15) is 18.4 Å². The second kappa shape index (κ2) is 26.6. The van der Waals surface area contributed by atoms with Gasteiger partial charge in [0.25, 0.3) is 5.91 Å². The molecule has 0 fully saturated rings. The van der Waals surface area contributed by atoms with Gasteiger partial charge in [0, 0.05) is 6.07 Å². The van der Waals surface area contributed by atoms with Crippen molar-refractivity contribution in [1.82, 2.24) is 0 Å². The highest BCUT2D eigenvalue weighted by Gasteiger charge is 2.21. The fourth-order valence-electron chi connectivity index (χ4n) is 2.00. The van der Waals surface area contributed by atoms with Crippen LogP contribution >= 0.6 is 0 Å². The van der Waals surface area contributed by atoms with Crippen LogP contribution in [0, 0.1) is 11.6 Å². The van der Waals surface area contributed by atoms with Gasteiger partial charge in [-0.3, -0.25) is 9.59 Å². The molecule has 0 aliphatic heterocycles. The number of amides is 2. The van der Waals surface area contributed by atoms with Gasteiger partial charge in [-0.25, -0.2) is 8.78 Å². The largest absolute Gasteiger partial charge is 0.446 e. The minimum atomic E-state index is -0.995. The average molecular weight is 461 g/mol. The van der Waals surface area contributed by atoms with Crippen LogP contribution in [0.5, 0.6) is 0 Å². The van der Waals surface area contributed by atoms with E-state index in [0.29, 0.717) is 6.07 Å². The summed E-state index contributed by atoms with van der Waals surface area (Å²) in [4.78, 5) is 21.4. The lowest BCUT2D eigenvalue weighted by Crippen LogP contribution is -2.12. The molecule has 1 aromatic carbocycles. The van der Waals surface area contributed by atoms with Gasteiger partial charge in [-0.1, -0.05) is 101 Å². The van der Waals surface area contributed by atoms with Crippen molar-refractivity contribution in [3.63, 3.8) is 0 Å². The Morgan fingerprint density at radius 3 is 1.75 bits per heavy atom. The molecule has 32 heavy (non-hydrogen) atoms. The average Bonchev–Trinajstić information content (AvgIpc) is 3.17. The van der Waals surface area contributed by atoms with E-state index < -0.39 is 23.3 Å². The van der Waals surface area contributed by atoms with Gasteiger partial charge in [-0.2, -0.15) is 0 Å². The van der Waals surface area contributed by atoms with Crippen LogP contribution in [0.15, 0.2) is 16.5 Å². The molecule has 3 N–H and O–H groups in total. The van der Waals surface area contributed by atoms with Crippen LogP contribution < -0.4 is 11.1 Å². The molecular weight excluding hydrogens is 414 g/mol. The van der Waals surface area contributed by atoms with Crippen molar-refractivity contribution < 1.29 is 22.8 Å². The molecule has 0 radical (unpaired) electrons. The van der Waals surface area contributed by atoms with Crippen molar-refractivity contribution in [3.05, 3.63) is 29.5 Å². The van der Waals surface area contributed by atoms with E-state index in [1.54, 1.807) is 0 Å². The van der Waals surface area contributed by atoms with Gasteiger partial charge >= 0.3 is 0 Å². The molecule has 1 heterocycles. The van der Waals surface area contributed by atoms with E-state index in [-0.39, 0.29) is 23.1 Å². The van der Waals surface area contributed by atoms with Crippen LogP contribution in [0.2, 0.25) is 0 Å². The molecule has 0 unspecified atom stereocenters. The molecule has 0 saturated carbocycles. The van der Waals surface area contributed by atoms with Gasteiger partial charge in [-0.05, 0) is 6.07 Å². The van der Waals surface area contributed by atoms with Crippen molar-refractivity contribution in [2.45, 2.75) is 101 Å². The topological polar surface area (TPSA) is 85.3 Å². The van der Waals surface area contributed by atoms with Crippen LogP contribution in [-0.2, 0) is 4.79 Å². The van der Waals surface area contributed by atoms with Gasteiger partial charge in [0.05, 0.1) is 5.39 Å². The van der Waals surface area contributed by atoms with Gasteiger partial charge in [-0.15, -0.1) is 0 Å². The minimum Gasteiger partial charge on any atom is -0.446 e. The van der Waals surface area contributed by atoms with Gasteiger partial charge in [0.1, 0.15) is 11.5 Å². The number of carbonyl (C=O) groups is 2. The number of unbranched alkanes of at least 4 members (excludes halogenated alkanes) is 3. The summed E-state index contributed by atoms with van der Waals surface area (Å²) < 4.78 is 31.2. The molecule has 188 valence electrons. The summed E-state index contributed by atoms with van der Waals surface area (Å²) in [5.74, 6) is -3.27. The van der Waals surface area contributed by atoms with E-state index >= 15 is 0 Å². The highest BCUT2D eigenvalue weighted by Crippen LogP contribution is 2.32. The van der Waals surface area contributed by atoms with E-state index in [1.807, 2.05) is 41.5 Å². The van der Waals surface area contributed by atoms with Crippen LogP contribution in [0.1, 0.15) is 112 Å². The highest BCUT2D eigenvalue weighted by atomic mass is 19.1. The van der Waals surface area contributed by atoms with Crippen LogP contribution in [0.4, 0.5) is 14.5 Å². The van der Waals surface area contributed by atoms with Gasteiger partial charge in [0.2, 0.25) is 12.2 Å². The summed E-state index contributed by atoms with van der Waals surface area (Å²) in [7, 11) is 0. The van der Waals surface area contributed by atoms with Crippen LogP contribution in [-0.4, -0.2) is 12.3 Å². The number of nitrogens with two attached hydrogens (primary N) is 1. The zero-order valence-corrected chi connectivity index (χ0v) is 21.8. The number of hydrogen-bond acceptors (Lipinski definition) is 3. The van der Waals surface area contributed by atoms with E-state index in [1.165, 1.54) is 32.1 Å². The Bertz CT molecular complexity index is 698. The maximum absolute atomic E-state index is 13.3. The first kappa shape index (κ1) is 36.9. The van der Waals surface area contributed by atoms with E-state index in [0.717, 1.165) is 6.07 Å². The number of nitrogens with one attached hydrogen (secondary N) is 1. The lowest BCUT2D eigenvalue weighted by Gasteiger charge is -1.96. The zero-order chi connectivity index (χ0) is 26.1. The smallest absolute Gasteiger partial charge is 0.286 e. The molecule has 0 aliphatic rings. The Balaban J connectivity index is -0.000000219. The fraction of sp³-hybridized carbons (Fsp3) is 0.600. The lowest BCUT2D eigenvalue weighted by atomic mass is 10.2. The monoisotopic (exact) mass is 460 g/mol. The predicted molar refractivity (Wildman–Crippen MR) is 134 cm³/mol. The summed E-state index contributed by atoms with van der Waals surface area (Å²) in [6, 6.07) is 1.53. The van der Waals surface area contributed by atoms with Gasteiger partial charge in [0.15, 0.2) is 11.4 Å². The SMILES string of the molecule is CC.CC.CC.CCC.CCCCCC.NC(=O)c1oc2c(F)cc(F)cc2c1NC=O. The third kappa shape index (κ3) is 15.4. The second-order valence-electron chi connectivity index (χ2n) is 5.61. The number of halogens is 2. The Hall–Kier alpha value is -2.44.